The van der Waals surface area contributed by atoms with Crippen molar-refractivity contribution < 1.29 is 4.74 Å². The number of nitrogens with zero attached hydrogens (tertiary/aromatic N) is 4. The van der Waals surface area contributed by atoms with Crippen molar-refractivity contribution in [3.63, 3.8) is 0 Å². The second-order valence-electron chi connectivity index (χ2n) is 7.16. The van der Waals surface area contributed by atoms with Gasteiger partial charge in [-0.1, -0.05) is 11.6 Å². The molecule has 3 rings (SSSR count). The molecule has 0 aliphatic rings. The molecule has 32 heavy (non-hydrogen) atoms. The maximum absolute atomic E-state index is 13.2. The molecule has 0 aliphatic heterocycles. The topological polar surface area (TPSA) is 83.7 Å². The second-order valence-corrected chi connectivity index (χ2v) is 8.63. The predicted molar refractivity (Wildman–Crippen MR) is 127 cm³/mol. The molecule has 0 N–H and O–H groups in total. The Kier molecular flexibility index (Phi) is 7.71. The Balaban J connectivity index is 2.14. The van der Waals surface area contributed by atoms with Gasteiger partial charge in [-0.15, -0.1) is 11.3 Å². The van der Waals surface area contributed by atoms with E-state index in [2.05, 4.69) is 4.57 Å². The number of ether oxygens (including phenoxy) is 1. The van der Waals surface area contributed by atoms with E-state index in [9.17, 15) is 15.3 Å². The summed E-state index contributed by atoms with van der Waals surface area (Å²) in [5, 5.41) is 19.4. The Morgan fingerprint density at radius 2 is 1.91 bits per heavy atom. The third kappa shape index (κ3) is 4.87. The van der Waals surface area contributed by atoms with E-state index in [0.717, 1.165) is 22.6 Å². The zero-order valence-electron chi connectivity index (χ0n) is 18.2. The van der Waals surface area contributed by atoms with E-state index < -0.39 is 0 Å². The molecule has 1 aromatic carbocycles. The number of halogens is 1. The van der Waals surface area contributed by atoms with Crippen molar-refractivity contribution in [3.05, 3.63) is 71.9 Å². The van der Waals surface area contributed by atoms with Crippen LogP contribution in [0.2, 0.25) is 5.02 Å². The van der Waals surface area contributed by atoms with Crippen molar-refractivity contribution in [1.29, 1.82) is 10.5 Å². The second kappa shape index (κ2) is 10.5. The smallest absolute Gasteiger partial charge is 0.269 e. The summed E-state index contributed by atoms with van der Waals surface area (Å²) in [4.78, 5) is 13.2. The van der Waals surface area contributed by atoms with Gasteiger partial charge in [-0.3, -0.25) is 9.36 Å². The highest BCUT2D eigenvalue weighted by Crippen LogP contribution is 2.22. The van der Waals surface area contributed by atoms with Gasteiger partial charge in [0.05, 0.1) is 4.53 Å². The molecule has 0 aliphatic carbocycles. The van der Waals surface area contributed by atoms with Crippen molar-refractivity contribution in [3.8, 4) is 17.8 Å². The van der Waals surface area contributed by atoms with Gasteiger partial charge in [0.1, 0.15) is 16.8 Å². The van der Waals surface area contributed by atoms with Crippen LogP contribution < -0.4 is 14.8 Å². The van der Waals surface area contributed by atoms with Gasteiger partial charge >= 0.3 is 0 Å². The molecule has 0 unspecified atom stereocenters. The van der Waals surface area contributed by atoms with Crippen molar-refractivity contribution >= 4 is 34.6 Å². The number of hydrogen-bond acceptors (Lipinski definition) is 5. The normalized spacial score (nSPS) is 11.4. The molecule has 164 valence electrons. The molecule has 0 amide bonds. The van der Waals surface area contributed by atoms with Gasteiger partial charge in [0.15, 0.2) is 5.57 Å². The molecule has 0 fully saturated rings. The van der Waals surface area contributed by atoms with Gasteiger partial charge in [-0.25, -0.2) is 0 Å². The van der Waals surface area contributed by atoms with Crippen LogP contribution in [0.15, 0.2) is 35.1 Å². The zero-order chi connectivity index (χ0) is 23.3. The first-order chi connectivity index (χ1) is 15.4. The molecule has 3 aromatic rings. The summed E-state index contributed by atoms with van der Waals surface area (Å²) >= 11 is 7.19. The summed E-state index contributed by atoms with van der Waals surface area (Å²) in [6.07, 6.45) is 2.45. The minimum absolute atomic E-state index is 0.0604. The highest BCUT2D eigenvalue weighted by molar-refractivity contribution is 7.07. The molecule has 2 heterocycles. The van der Waals surface area contributed by atoms with Crippen molar-refractivity contribution in [2.24, 2.45) is 0 Å². The van der Waals surface area contributed by atoms with Crippen LogP contribution in [0.25, 0.3) is 17.3 Å². The average molecular weight is 467 g/mol. The molecule has 0 spiro atoms. The number of benzene rings is 1. The van der Waals surface area contributed by atoms with Gasteiger partial charge in [-0.2, -0.15) is 10.5 Å². The lowest BCUT2D eigenvalue weighted by Gasteiger charge is -2.09. The molecule has 0 radical (unpaired) electrons. The largest absolute Gasteiger partial charge is 0.382 e. The fourth-order valence-corrected chi connectivity index (χ4v) is 4.76. The fraction of sp³-hybridized carbons (Fsp3) is 0.292. The van der Waals surface area contributed by atoms with Gasteiger partial charge in [-0.05, 0) is 69.2 Å². The quantitative estimate of drug-likeness (QED) is 0.499. The number of hydrogen-bond donors (Lipinski definition) is 0. The number of rotatable bonds is 7. The maximum atomic E-state index is 13.2. The van der Waals surface area contributed by atoms with E-state index in [1.807, 2.05) is 69.3 Å². The Labute approximate surface area is 195 Å². The molecule has 0 bridgehead atoms. The Bertz CT molecular complexity index is 1370. The van der Waals surface area contributed by atoms with E-state index in [1.165, 1.54) is 15.9 Å². The monoisotopic (exact) mass is 466 g/mol. The molecular weight excluding hydrogens is 444 g/mol. The van der Waals surface area contributed by atoms with Crippen LogP contribution in [0, 0.1) is 36.5 Å². The van der Waals surface area contributed by atoms with Crippen LogP contribution in [-0.4, -0.2) is 22.3 Å². The number of nitriles is 2. The van der Waals surface area contributed by atoms with Crippen LogP contribution in [0.1, 0.15) is 30.3 Å². The van der Waals surface area contributed by atoms with Crippen LogP contribution in [0.3, 0.4) is 0 Å². The Hall–Kier alpha value is -3.10. The van der Waals surface area contributed by atoms with Gasteiger partial charge in [0, 0.05) is 41.9 Å². The molecule has 0 saturated carbocycles. The van der Waals surface area contributed by atoms with Crippen LogP contribution >= 0.6 is 22.9 Å². The molecule has 2 aromatic heterocycles. The zero-order valence-corrected chi connectivity index (χ0v) is 19.8. The van der Waals surface area contributed by atoms with Crippen molar-refractivity contribution in [1.82, 2.24) is 9.13 Å². The summed E-state index contributed by atoms with van der Waals surface area (Å²) in [6.45, 7) is 7.39. The van der Waals surface area contributed by atoms with E-state index in [1.54, 1.807) is 0 Å². The van der Waals surface area contributed by atoms with E-state index >= 15 is 0 Å². The van der Waals surface area contributed by atoms with Gasteiger partial charge in [0.25, 0.3) is 5.56 Å². The molecular formula is C24H23ClN4O2S. The first-order valence-electron chi connectivity index (χ1n) is 10.2. The number of aryl methyl sites for hydroxylation is 1. The van der Waals surface area contributed by atoms with Gasteiger partial charge in [0.2, 0.25) is 0 Å². The first-order valence-corrected chi connectivity index (χ1v) is 11.4. The average Bonchev–Trinajstić information content (AvgIpc) is 3.23. The predicted octanol–water partition coefficient (Wildman–Crippen LogP) is 3.42. The maximum Gasteiger partial charge on any atom is 0.269 e. The van der Waals surface area contributed by atoms with E-state index in [4.69, 9.17) is 16.3 Å². The summed E-state index contributed by atoms with van der Waals surface area (Å²) in [6, 6.07) is 13.4. The summed E-state index contributed by atoms with van der Waals surface area (Å²) in [7, 11) is 0. The SMILES string of the molecule is CCOCCCn1c(=C(C#N)C#N)s/c(=C/c2cc(C)n(-c3ccc(Cl)cc3)c2C)c1=O. The molecule has 6 nitrogen and oxygen atoms in total. The number of aromatic nitrogens is 2. The molecule has 0 saturated heterocycles. The summed E-state index contributed by atoms with van der Waals surface area (Å²) in [5.74, 6) is 0. The summed E-state index contributed by atoms with van der Waals surface area (Å²) < 4.78 is 9.84. The van der Waals surface area contributed by atoms with Crippen LogP contribution in [0.4, 0.5) is 0 Å². The Morgan fingerprint density at radius 1 is 1.22 bits per heavy atom. The summed E-state index contributed by atoms with van der Waals surface area (Å²) in [5.41, 5.74) is 3.61. The van der Waals surface area contributed by atoms with E-state index in [-0.39, 0.29) is 11.1 Å². The highest BCUT2D eigenvalue weighted by atomic mass is 35.5. The number of thiazole rings is 1. The molecule has 0 atom stereocenters. The highest BCUT2D eigenvalue weighted by Gasteiger charge is 2.12. The van der Waals surface area contributed by atoms with Crippen LogP contribution in [-0.2, 0) is 11.3 Å². The lowest BCUT2D eigenvalue weighted by atomic mass is 10.2. The third-order valence-electron chi connectivity index (χ3n) is 5.06. The van der Waals surface area contributed by atoms with Crippen molar-refractivity contribution in [2.45, 2.75) is 33.7 Å². The fourth-order valence-electron chi connectivity index (χ4n) is 3.56. The van der Waals surface area contributed by atoms with Crippen LogP contribution in [0.5, 0.6) is 0 Å². The molecule has 8 heteroatoms. The van der Waals surface area contributed by atoms with Crippen molar-refractivity contribution in [2.75, 3.05) is 13.2 Å². The van der Waals surface area contributed by atoms with Gasteiger partial charge < -0.3 is 9.30 Å². The first kappa shape index (κ1) is 23.6. The lowest BCUT2D eigenvalue weighted by molar-refractivity contribution is 0.141. The standard InChI is InChI=1S/C24H23ClN4O2S/c1-4-31-11-5-10-28-23(30)22(32-24(28)19(14-26)15-27)13-18-12-16(2)29(17(18)3)21-8-6-20(25)7-9-21/h6-9,12-13H,4-5,10-11H2,1-3H3/b22-13+. The Morgan fingerprint density at radius 3 is 2.53 bits per heavy atom. The van der Waals surface area contributed by atoms with E-state index in [0.29, 0.717) is 40.4 Å². The lowest BCUT2D eigenvalue weighted by Crippen LogP contribution is -2.32. The minimum atomic E-state index is -0.208. The third-order valence-corrected chi connectivity index (χ3v) is 6.44. The minimum Gasteiger partial charge on any atom is -0.382 e.